The average Bonchev–Trinajstić information content (AvgIpc) is 2.96. The summed E-state index contributed by atoms with van der Waals surface area (Å²) in [5.41, 5.74) is -0.912. The lowest BCUT2D eigenvalue weighted by molar-refractivity contribution is -0.137. The number of alkyl halides is 3. The molecular weight excluding hydrogens is 432 g/mol. The molecule has 0 spiro atoms. The fourth-order valence-electron chi connectivity index (χ4n) is 2.87. The first-order valence-electron chi connectivity index (χ1n) is 7.91. The highest BCUT2D eigenvalue weighted by molar-refractivity contribution is 9.10. The van der Waals surface area contributed by atoms with E-state index in [1.807, 2.05) is 0 Å². The number of benzene rings is 2. The second kappa shape index (κ2) is 7.30. The van der Waals surface area contributed by atoms with Crippen molar-refractivity contribution in [3.05, 3.63) is 58.3 Å². The molecule has 1 aliphatic rings. The fraction of sp³-hybridized carbons (Fsp3) is 0.222. The number of amides is 2. The quantitative estimate of drug-likeness (QED) is 0.555. The van der Waals surface area contributed by atoms with Crippen LogP contribution < -0.4 is 10.2 Å². The van der Waals surface area contributed by atoms with E-state index < -0.39 is 35.3 Å². The van der Waals surface area contributed by atoms with Crippen molar-refractivity contribution in [2.24, 2.45) is 5.92 Å². The number of anilines is 2. The Hall–Kier alpha value is -2.42. The molecule has 1 aliphatic heterocycles. The molecule has 0 aromatic heterocycles. The molecule has 1 saturated heterocycles. The number of halogens is 5. The minimum Gasteiger partial charge on any atom is -0.325 e. The third-order valence-corrected chi connectivity index (χ3v) is 4.67. The van der Waals surface area contributed by atoms with E-state index in [-0.39, 0.29) is 24.3 Å². The monoisotopic (exact) mass is 444 g/mol. The molecule has 1 unspecified atom stereocenters. The van der Waals surface area contributed by atoms with E-state index >= 15 is 0 Å². The molecule has 27 heavy (non-hydrogen) atoms. The van der Waals surface area contributed by atoms with Crippen LogP contribution in [-0.4, -0.2) is 18.4 Å². The van der Waals surface area contributed by atoms with E-state index in [0.717, 1.165) is 17.0 Å². The molecule has 0 saturated carbocycles. The fourth-order valence-corrected chi connectivity index (χ4v) is 3.20. The second-order valence-electron chi connectivity index (χ2n) is 5.99. The molecule has 9 heteroatoms. The normalized spacial score (nSPS) is 17.3. The Morgan fingerprint density at radius 1 is 1.19 bits per heavy atom. The van der Waals surface area contributed by atoms with Crippen LogP contribution in [0, 0.1) is 11.7 Å². The van der Waals surface area contributed by atoms with E-state index in [1.165, 1.54) is 24.3 Å². The smallest absolute Gasteiger partial charge is 0.325 e. The molecule has 0 radical (unpaired) electrons. The van der Waals surface area contributed by atoms with Crippen LogP contribution in [0.5, 0.6) is 0 Å². The summed E-state index contributed by atoms with van der Waals surface area (Å²) in [6.45, 7) is 0.137. The van der Waals surface area contributed by atoms with Gasteiger partial charge in [-0.1, -0.05) is 22.0 Å². The van der Waals surface area contributed by atoms with Crippen molar-refractivity contribution in [2.75, 3.05) is 16.8 Å². The number of nitrogens with one attached hydrogen (secondary N) is 1. The van der Waals surface area contributed by atoms with Crippen LogP contribution >= 0.6 is 15.9 Å². The SMILES string of the molecule is O=C(Nc1cccc(C(F)(F)F)c1)C1CCN(c2ccc(Br)cc2F)C1=O. The highest BCUT2D eigenvalue weighted by atomic mass is 79.9. The Balaban J connectivity index is 1.74. The zero-order valence-electron chi connectivity index (χ0n) is 13.7. The zero-order valence-corrected chi connectivity index (χ0v) is 15.3. The van der Waals surface area contributed by atoms with Crippen molar-refractivity contribution in [1.29, 1.82) is 0 Å². The van der Waals surface area contributed by atoms with Crippen LogP contribution in [0.1, 0.15) is 12.0 Å². The molecule has 0 bridgehead atoms. The van der Waals surface area contributed by atoms with Gasteiger partial charge in [-0.05, 0) is 42.8 Å². The number of carbonyl (C=O) groups excluding carboxylic acids is 2. The summed E-state index contributed by atoms with van der Waals surface area (Å²) in [6.07, 6.45) is -4.40. The van der Waals surface area contributed by atoms with Gasteiger partial charge in [-0.2, -0.15) is 13.2 Å². The van der Waals surface area contributed by atoms with E-state index in [0.29, 0.717) is 4.47 Å². The Bertz CT molecular complexity index is 901. The maximum Gasteiger partial charge on any atom is 0.416 e. The Morgan fingerprint density at radius 2 is 1.93 bits per heavy atom. The molecule has 1 atom stereocenters. The molecule has 2 aromatic carbocycles. The van der Waals surface area contributed by atoms with Gasteiger partial charge in [0.25, 0.3) is 0 Å². The first kappa shape index (κ1) is 19.3. The predicted octanol–water partition coefficient (Wildman–Crippen LogP) is 4.60. The lowest BCUT2D eigenvalue weighted by atomic mass is 10.1. The third-order valence-electron chi connectivity index (χ3n) is 4.18. The highest BCUT2D eigenvalue weighted by Crippen LogP contribution is 2.32. The van der Waals surface area contributed by atoms with E-state index in [9.17, 15) is 27.2 Å². The summed E-state index contributed by atoms with van der Waals surface area (Å²) in [5, 5.41) is 2.33. The first-order chi connectivity index (χ1) is 12.7. The molecule has 2 amide bonds. The number of rotatable bonds is 3. The van der Waals surface area contributed by atoms with E-state index in [1.54, 1.807) is 6.07 Å². The maximum atomic E-state index is 14.1. The molecular formula is C18H13BrF4N2O2. The summed E-state index contributed by atoms with van der Waals surface area (Å²) in [5.74, 6) is -3.03. The Morgan fingerprint density at radius 3 is 2.59 bits per heavy atom. The number of hydrogen-bond acceptors (Lipinski definition) is 2. The lowest BCUT2D eigenvalue weighted by Crippen LogP contribution is -2.33. The Kier molecular flexibility index (Phi) is 5.23. The summed E-state index contributed by atoms with van der Waals surface area (Å²) in [6, 6.07) is 8.35. The van der Waals surface area contributed by atoms with Crippen molar-refractivity contribution in [1.82, 2.24) is 0 Å². The highest BCUT2D eigenvalue weighted by Gasteiger charge is 2.39. The summed E-state index contributed by atoms with van der Waals surface area (Å²) < 4.78 is 52.9. The molecule has 1 fully saturated rings. The molecule has 2 aromatic rings. The molecule has 4 nitrogen and oxygen atoms in total. The van der Waals surface area contributed by atoms with Crippen molar-refractivity contribution in [3.8, 4) is 0 Å². The van der Waals surface area contributed by atoms with Crippen LogP contribution in [0.15, 0.2) is 46.9 Å². The average molecular weight is 445 g/mol. The van der Waals surface area contributed by atoms with Gasteiger partial charge in [0.1, 0.15) is 11.7 Å². The van der Waals surface area contributed by atoms with Crippen LogP contribution in [0.25, 0.3) is 0 Å². The molecule has 0 aliphatic carbocycles. The van der Waals surface area contributed by atoms with Crippen molar-refractivity contribution in [2.45, 2.75) is 12.6 Å². The molecule has 1 heterocycles. The van der Waals surface area contributed by atoms with Gasteiger partial charge in [0.15, 0.2) is 0 Å². The van der Waals surface area contributed by atoms with Crippen LogP contribution in [0.4, 0.5) is 28.9 Å². The first-order valence-corrected chi connectivity index (χ1v) is 8.70. The summed E-state index contributed by atoms with van der Waals surface area (Å²) >= 11 is 3.12. The van der Waals surface area contributed by atoms with Gasteiger partial charge in [-0.3, -0.25) is 9.59 Å². The zero-order chi connectivity index (χ0) is 19.8. The standard InChI is InChI=1S/C18H13BrF4N2O2/c19-11-4-5-15(14(20)9-11)25-7-6-13(17(25)27)16(26)24-12-3-1-2-10(8-12)18(21,22)23/h1-5,8-9,13H,6-7H2,(H,24,26). The van der Waals surface area contributed by atoms with Gasteiger partial charge in [0.2, 0.25) is 11.8 Å². The van der Waals surface area contributed by atoms with Crippen molar-refractivity contribution < 1.29 is 27.2 Å². The molecule has 1 N–H and O–H groups in total. The van der Waals surface area contributed by atoms with Gasteiger partial charge in [-0.25, -0.2) is 4.39 Å². The predicted molar refractivity (Wildman–Crippen MR) is 94.6 cm³/mol. The summed E-state index contributed by atoms with van der Waals surface area (Å²) in [7, 11) is 0. The van der Waals surface area contributed by atoms with Crippen LogP contribution in [0.2, 0.25) is 0 Å². The van der Waals surface area contributed by atoms with Gasteiger partial charge in [0.05, 0.1) is 11.3 Å². The van der Waals surface area contributed by atoms with Gasteiger partial charge < -0.3 is 10.2 Å². The maximum absolute atomic E-state index is 14.1. The third kappa shape index (κ3) is 4.13. The van der Waals surface area contributed by atoms with E-state index in [4.69, 9.17) is 0 Å². The second-order valence-corrected chi connectivity index (χ2v) is 6.91. The Labute approximate surface area is 160 Å². The van der Waals surface area contributed by atoms with Crippen molar-refractivity contribution in [3.63, 3.8) is 0 Å². The van der Waals surface area contributed by atoms with Gasteiger partial charge in [0, 0.05) is 16.7 Å². The molecule has 3 rings (SSSR count). The van der Waals surface area contributed by atoms with Gasteiger partial charge >= 0.3 is 6.18 Å². The largest absolute Gasteiger partial charge is 0.416 e. The summed E-state index contributed by atoms with van der Waals surface area (Å²) in [4.78, 5) is 26.0. The van der Waals surface area contributed by atoms with E-state index in [2.05, 4.69) is 21.2 Å². The van der Waals surface area contributed by atoms with Gasteiger partial charge in [-0.15, -0.1) is 0 Å². The van der Waals surface area contributed by atoms with Crippen molar-refractivity contribution >= 4 is 39.1 Å². The topological polar surface area (TPSA) is 49.4 Å². The molecule has 142 valence electrons. The van der Waals surface area contributed by atoms with Crippen LogP contribution in [0.3, 0.4) is 0 Å². The minimum atomic E-state index is -4.54. The number of nitrogens with zero attached hydrogens (tertiary/aromatic N) is 1. The minimum absolute atomic E-state index is 0.0533. The number of carbonyl (C=O) groups is 2. The lowest BCUT2D eigenvalue weighted by Gasteiger charge is -2.18. The number of hydrogen-bond donors (Lipinski definition) is 1. The van der Waals surface area contributed by atoms with Crippen LogP contribution in [-0.2, 0) is 15.8 Å².